The number of aromatic nitrogens is 1. The fourth-order valence-corrected chi connectivity index (χ4v) is 3.02. The van der Waals surface area contributed by atoms with Crippen LogP contribution in [0.5, 0.6) is 0 Å². The first kappa shape index (κ1) is 17.8. The number of benzene rings is 1. The van der Waals surface area contributed by atoms with Crippen LogP contribution in [-0.2, 0) is 25.7 Å². The number of carbonyl (C=O) groups is 3. The van der Waals surface area contributed by atoms with Gasteiger partial charge < -0.3 is 9.30 Å². The summed E-state index contributed by atoms with van der Waals surface area (Å²) in [5.74, 6) is -1.30. The summed E-state index contributed by atoms with van der Waals surface area (Å²) in [4.78, 5) is 39.2. The first-order valence-corrected chi connectivity index (χ1v) is 8.22. The number of ether oxygens (including phenoxy) is 1. The summed E-state index contributed by atoms with van der Waals surface area (Å²) in [6.45, 7) is 0.0337. The highest BCUT2D eigenvalue weighted by molar-refractivity contribution is 7.80. The van der Waals surface area contributed by atoms with E-state index in [0.29, 0.717) is 5.56 Å². The van der Waals surface area contributed by atoms with Crippen molar-refractivity contribution in [2.75, 3.05) is 21.2 Å². The lowest BCUT2D eigenvalue weighted by molar-refractivity contribution is -0.141. The van der Waals surface area contributed by atoms with E-state index < -0.39 is 11.8 Å². The molecule has 2 amide bonds. The predicted octanol–water partition coefficient (Wildman–Crippen LogP) is 1.41. The lowest BCUT2D eigenvalue weighted by Crippen LogP contribution is -2.52. The van der Waals surface area contributed by atoms with Gasteiger partial charge in [-0.05, 0) is 24.4 Å². The van der Waals surface area contributed by atoms with Gasteiger partial charge in [0.2, 0.25) is 0 Å². The summed E-state index contributed by atoms with van der Waals surface area (Å²) >= 11 is 5.09. The Bertz CT molecular complexity index is 950. The van der Waals surface area contributed by atoms with Crippen LogP contribution in [0.25, 0.3) is 17.0 Å². The van der Waals surface area contributed by atoms with Crippen molar-refractivity contribution in [3.63, 3.8) is 0 Å². The van der Waals surface area contributed by atoms with E-state index in [0.717, 1.165) is 10.9 Å². The molecule has 0 N–H and O–H groups in total. The Labute approximate surface area is 155 Å². The molecule has 7 nitrogen and oxygen atoms in total. The van der Waals surface area contributed by atoms with Gasteiger partial charge in [0.05, 0.1) is 7.11 Å². The number of hydrogen-bond acceptors (Lipinski definition) is 5. The largest absolute Gasteiger partial charge is 0.468 e. The second-order valence-corrected chi connectivity index (χ2v) is 6.24. The molecule has 1 aliphatic rings. The number of fused-ring (bicyclic) bond motifs is 1. The Morgan fingerprint density at radius 1 is 1.15 bits per heavy atom. The molecule has 1 aliphatic heterocycles. The molecule has 0 spiro atoms. The average molecular weight is 371 g/mol. The fourth-order valence-electron chi connectivity index (χ4n) is 2.86. The Balaban J connectivity index is 2.12. The molecule has 2 aromatic rings. The summed E-state index contributed by atoms with van der Waals surface area (Å²) < 4.78 is 6.45. The van der Waals surface area contributed by atoms with Crippen molar-refractivity contribution in [3.05, 3.63) is 41.6 Å². The van der Waals surface area contributed by atoms with Gasteiger partial charge in [0.25, 0.3) is 11.8 Å². The first-order valence-electron chi connectivity index (χ1n) is 7.81. The third-order valence-corrected chi connectivity index (χ3v) is 4.84. The van der Waals surface area contributed by atoms with Gasteiger partial charge in [-0.25, -0.2) is 0 Å². The van der Waals surface area contributed by atoms with Crippen molar-refractivity contribution in [2.24, 2.45) is 0 Å². The summed E-state index contributed by atoms with van der Waals surface area (Å²) in [6.07, 6.45) is 3.26. The van der Waals surface area contributed by atoms with Crippen LogP contribution in [0.3, 0.4) is 0 Å². The Morgan fingerprint density at radius 3 is 2.38 bits per heavy atom. The minimum atomic E-state index is -0.456. The van der Waals surface area contributed by atoms with Crippen molar-refractivity contribution >= 4 is 52.1 Å². The van der Waals surface area contributed by atoms with Gasteiger partial charge in [-0.1, -0.05) is 18.2 Å². The van der Waals surface area contributed by atoms with Gasteiger partial charge in [-0.2, -0.15) is 0 Å². The van der Waals surface area contributed by atoms with Crippen LogP contribution in [0.4, 0.5) is 0 Å². The lowest BCUT2D eigenvalue weighted by Gasteiger charge is -2.31. The van der Waals surface area contributed by atoms with E-state index in [1.807, 2.05) is 24.3 Å². The topological polar surface area (TPSA) is 71.8 Å². The maximum Gasteiger partial charge on any atom is 0.325 e. The van der Waals surface area contributed by atoms with E-state index in [9.17, 15) is 14.4 Å². The second kappa shape index (κ2) is 6.72. The molecule has 1 saturated heterocycles. The number of methoxy groups -OCH3 is 1. The SMILES string of the molecule is COC(=O)Cn1cc(C=C2C(=O)N(C)C(=S)N(C)C2=O)c2ccccc21. The minimum Gasteiger partial charge on any atom is -0.468 e. The molecule has 0 radical (unpaired) electrons. The molecule has 1 aromatic carbocycles. The van der Waals surface area contributed by atoms with Crippen LogP contribution in [0.15, 0.2) is 36.0 Å². The van der Waals surface area contributed by atoms with E-state index in [2.05, 4.69) is 0 Å². The Kier molecular flexibility index (Phi) is 4.60. The Hall–Kier alpha value is -3.00. The van der Waals surface area contributed by atoms with E-state index >= 15 is 0 Å². The van der Waals surface area contributed by atoms with Crippen LogP contribution in [0, 0.1) is 0 Å². The van der Waals surface area contributed by atoms with Crippen molar-refractivity contribution in [1.82, 2.24) is 14.4 Å². The van der Waals surface area contributed by atoms with Gasteiger partial charge in [0, 0.05) is 36.8 Å². The molecule has 0 unspecified atom stereocenters. The number of thiocarbonyl (C=S) groups is 1. The molecule has 1 aromatic heterocycles. The highest BCUT2D eigenvalue weighted by Crippen LogP contribution is 2.26. The number of esters is 1. The molecule has 2 heterocycles. The molecule has 0 bridgehead atoms. The monoisotopic (exact) mass is 371 g/mol. The molecular formula is C18H17N3O4S. The van der Waals surface area contributed by atoms with E-state index in [4.69, 9.17) is 17.0 Å². The molecule has 3 rings (SSSR count). The molecule has 134 valence electrons. The van der Waals surface area contributed by atoms with Gasteiger partial charge in [-0.3, -0.25) is 24.2 Å². The Morgan fingerprint density at radius 2 is 1.77 bits per heavy atom. The van der Waals surface area contributed by atoms with Gasteiger partial charge in [0.15, 0.2) is 5.11 Å². The van der Waals surface area contributed by atoms with Crippen molar-refractivity contribution in [3.8, 4) is 0 Å². The van der Waals surface area contributed by atoms with Gasteiger partial charge >= 0.3 is 5.97 Å². The normalized spacial score (nSPS) is 15.0. The standard InChI is InChI=1S/C18H17N3O4S/c1-19-16(23)13(17(24)20(2)18(19)26)8-11-9-21(10-15(22)25-3)14-7-5-4-6-12(11)14/h4-9H,10H2,1-3H3. The van der Waals surface area contributed by atoms with E-state index in [1.54, 1.807) is 10.8 Å². The molecule has 0 atom stereocenters. The maximum atomic E-state index is 12.5. The van der Waals surface area contributed by atoms with Crippen LogP contribution in [0.2, 0.25) is 0 Å². The molecule has 8 heteroatoms. The quantitative estimate of drug-likeness (QED) is 0.353. The van der Waals surface area contributed by atoms with Crippen molar-refractivity contribution in [2.45, 2.75) is 6.54 Å². The van der Waals surface area contributed by atoms with Crippen LogP contribution >= 0.6 is 12.2 Å². The number of carbonyl (C=O) groups excluding carboxylic acids is 3. The van der Waals surface area contributed by atoms with Gasteiger partial charge in [0.1, 0.15) is 12.1 Å². The van der Waals surface area contributed by atoms with Crippen LogP contribution in [0.1, 0.15) is 5.56 Å². The molecule has 0 saturated carbocycles. The average Bonchev–Trinajstić information content (AvgIpc) is 2.99. The predicted molar refractivity (Wildman–Crippen MR) is 100 cm³/mol. The van der Waals surface area contributed by atoms with Crippen LogP contribution < -0.4 is 0 Å². The van der Waals surface area contributed by atoms with E-state index in [1.165, 1.54) is 37.1 Å². The van der Waals surface area contributed by atoms with Gasteiger partial charge in [-0.15, -0.1) is 0 Å². The van der Waals surface area contributed by atoms with Crippen LogP contribution in [-0.4, -0.2) is 58.5 Å². The fraction of sp³-hybridized carbons (Fsp3) is 0.222. The third-order valence-electron chi connectivity index (χ3n) is 4.29. The van der Waals surface area contributed by atoms with E-state index in [-0.39, 0.29) is 23.2 Å². The number of amides is 2. The highest BCUT2D eigenvalue weighted by atomic mass is 32.1. The van der Waals surface area contributed by atoms with Crippen molar-refractivity contribution in [1.29, 1.82) is 0 Å². The number of nitrogens with zero attached hydrogens (tertiary/aromatic N) is 3. The molecule has 1 fully saturated rings. The van der Waals surface area contributed by atoms with Crippen molar-refractivity contribution < 1.29 is 19.1 Å². The summed E-state index contributed by atoms with van der Waals surface area (Å²) in [5.41, 5.74) is 1.48. The summed E-state index contributed by atoms with van der Waals surface area (Å²) in [7, 11) is 4.38. The summed E-state index contributed by atoms with van der Waals surface area (Å²) in [6, 6.07) is 7.43. The first-order chi connectivity index (χ1) is 12.3. The smallest absolute Gasteiger partial charge is 0.325 e. The highest BCUT2D eigenvalue weighted by Gasteiger charge is 2.35. The molecule has 26 heavy (non-hydrogen) atoms. The zero-order valence-corrected chi connectivity index (χ0v) is 15.4. The zero-order chi connectivity index (χ0) is 19.0. The number of rotatable bonds is 3. The summed E-state index contributed by atoms with van der Waals surface area (Å²) in [5, 5.41) is 0.980. The number of hydrogen-bond donors (Lipinski definition) is 0. The number of likely N-dealkylation sites (N-methyl/N-ethyl adjacent to an activating group) is 2. The third kappa shape index (κ3) is 2.88. The lowest BCUT2D eigenvalue weighted by atomic mass is 10.1. The molecular weight excluding hydrogens is 354 g/mol. The minimum absolute atomic E-state index is 0.0181. The molecule has 0 aliphatic carbocycles. The number of para-hydroxylation sites is 1. The zero-order valence-electron chi connectivity index (χ0n) is 14.6. The maximum absolute atomic E-state index is 12.5. The second-order valence-electron chi connectivity index (χ2n) is 5.87.